The van der Waals surface area contributed by atoms with Crippen LogP contribution in [0.1, 0.15) is 24.5 Å². The zero-order chi connectivity index (χ0) is 18.4. The number of hydrazone groups is 1. The van der Waals surface area contributed by atoms with Gasteiger partial charge in [0.05, 0.1) is 18.0 Å². The molecule has 0 aromatic heterocycles. The second-order valence-electron chi connectivity index (χ2n) is 5.77. The lowest BCUT2D eigenvalue weighted by atomic mass is 10.1. The van der Waals surface area contributed by atoms with Crippen molar-refractivity contribution in [3.05, 3.63) is 71.3 Å². The van der Waals surface area contributed by atoms with Crippen LogP contribution in [0.2, 0.25) is 0 Å². The Bertz CT molecular complexity index is 878. The van der Waals surface area contributed by atoms with Gasteiger partial charge in [0.1, 0.15) is 11.6 Å². The van der Waals surface area contributed by atoms with Gasteiger partial charge in [-0.1, -0.05) is 42.5 Å². The lowest BCUT2D eigenvalue weighted by molar-refractivity contribution is -0.137. The van der Waals surface area contributed by atoms with Crippen molar-refractivity contribution < 1.29 is 9.53 Å². The quantitative estimate of drug-likeness (QED) is 0.470. The van der Waals surface area contributed by atoms with E-state index >= 15 is 0 Å². The number of hydrogen-bond donors (Lipinski definition) is 0. The van der Waals surface area contributed by atoms with Crippen LogP contribution >= 0.6 is 0 Å². The summed E-state index contributed by atoms with van der Waals surface area (Å²) in [6.45, 7) is 2.78. The molecule has 1 aliphatic rings. The average molecular weight is 345 g/mol. The zero-order valence-corrected chi connectivity index (χ0v) is 14.6. The maximum atomic E-state index is 11.7. The molecular weight excluding hydrogens is 326 g/mol. The van der Waals surface area contributed by atoms with Crippen LogP contribution in [0.15, 0.2) is 65.3 Å². The van der Waals surface area contributed by atoms with Crippen LogP contribution in [0.5, 0.6) is 0 Å². The highest BCUT2D eigenvalue weighted by molar-refractivity contribution is 6.02. The van der Waals surface area contributed by atoms with Crippen molar-refractivity contribution in [3.8, 4) is 6.07 Å². The van der Waals surface area contributed by atoms with Crippen LogP contribution in [-0.4, -0.2) is 24.8 Å². The number of ether oxygens (including phenoxy) is 1. The Morgan fingerprint density at radius 1 is 1.23 bits per heavy atom. The van der Waals surface area contributed by atoms with Gasteiger partial charge in [-0.3, -0.25) is 5.01 Å². The van der Waals surface area contributed by atoms with Crippen LogP contribution < -0.4 is 5.01 Å². The van der Waals surface area contributed by atoms with E-state index in [0.717, 1.165) is 35.5 Å². The largest absolute Gasteiger partial charge is 0.462 e. The first-order chi connectivity index (χ1) is 12.7. The zero-order valence-electron chi connectivity index (χ0n) is 14.6. The molecule has 2 aromatic carbocycles. The van der Waals surface area contributed by atoms with E-state index in [-0.39, 0.29) is 12.2 Å². The maximum absolute atomic E-state index is 11.7. The summed E-state index contributed by atoms with van der Waals surface area (Å²) in [5.74, 6) is -0.601. The van der Waals surface area contributed by atoms with E-state index in [9.17, 15) is 4.79 Å². The Hall–Kier alpha value is -3.39. The van der Waals surface area contributed by atoms with Crippen molar-refractivity contribution in [1.29, 1.82) is 5.26 Å². The number of benzene rings is 2. The molecule has 0 spiro atoms. The van der Waals surface area contributed by atoms with Gasteiger partial charge in [0.15, 0.2) is 0 Å². The van der Waals surface area contributed by atoms with Crippen molar-refractivity contribution in [2.24, 2.45) is 5.10 Å². The molecule has 0 saturated heterocycles. The Morgan fingerprint density at radius 2 is 1.96 bits per heavy atom. The molecule has 0 atom stereocenters. The maximum Gasteiger partial charge on any atom is 0.348 e. The van der Waals surface area contributed by atoms with Crippen LogP contribution in [0.3, 0.4) is 0 Å². The number of hydrogen-bond acceptors (Lipinski definition) is 5. The lowest BCUT2D eigenvalue weighted by Gasteiger charge is -2.13. The minimum absolute atomic E-state index is 0.00911. The predicted molar refractivity (Wildman–Crippen MR) is 102 cm³/mol. The number of carbonyl (C=O) groups excluding carboxylic acids is 1. The Labute approximate surface area is 152 Å². The molecule has 1 heterocycles. The first kappa shape index (κ1) is 17.4. The Kier molecular flexibility index (Phi) is 5.45. The standard InChI is InChI=1S/C21H19N3O2/c1-2-26-21(25)18(15-22)14-16-8-10-19(11-9-16)24-13-12-20(23-24)17-6-4-3-5-7-17/h3-11,14H,2,12-13H2,1H3/b18-14+. The monoisotopic (exact) mass is 345 g/mol. The number of carbonyl (C=O) groups is 1. The van der Waals surface area contributed by atoms with Gasteiger partial charge in [0, 0.05) is 13.0 Å². The van der Waals surface area contributed by atoms with Gasteiger partial charge in [-0.2, -0.15) is 10.4 Å². The molecule has 0 bridgehead atoms. The third kappa shape index (κ3) is 3.98. The molecule has 0 aliphatic carbocycles. The summed E-state index contributed by atoms with van der Waals surface area (Å²) < 4.78 is 4.87. The lowest BCUT2D eigenvalue weighted by Crippen LogP contribution is -2.11. The van der Waals surface area contributed by atoms with E-state index in [4.69, 9.17) is 15.1 Å². The summed E-state index contributed by atoms with van der Waals surface area (Å²) >= 11 is 0. The molecule has 2 aromatic rings. The molecular formula is C21H19N3O2. The fraction of sp³-hybridized carbons (Fsp3) is 0.190. The Morgan fingerprint density at radius 3 is 2.62 bits per heavy atom. The van der Waals surface area contributed by atoms with Crippen LogP contribution in [0.25, 0.3) is 6.08 Å². The summed E-state index contributed by atoms with van der Waals surface area (Å²) in [6, 6.07) is 19.6. The van der Waals surface area contributed by atoms with Gasteiger partial charge in [0.2, 0.25) is 0 Å². The molecule has 0 fully saturated rings. The van der Waals surface area contributed by atoms with E-state index in [1.165, 1.54) is 6.08 Å². The van der Waals surface area contributed by atoms with Gasteiger partial charge >= 0.3 is 5.97 Å². The third-order valence-electron chi connectivity index (χ3n) is 4.03. The second-order valence-corrected chi connectivity index (χ2v) is 5.77. The molecule has 1 aliphatic heterocycles. The molecule has 3 rings (SSSR count). The predicted octanol–water partition coefficient (Wildman–Crippen LogP) is 3.77. The van der Waals surface area contributed by atoms with Crippen molar-refractivity contribution in [3.63, 3.8) is 0 Å². The number of anilines is 1. The second kappa shape index (κ2) is 8.13. The topological polar surface area (TPSA) is 65.7 Å². The van der Waals surface area contributed by atoms with Gasteiger partial charge in [-0.25, -0.2) is 4.79 Å². The number of rotatable bonds is 5. The van der Waals surface area contributed by atoms with Gasteiger partial charge in [-0.15, -0.1) is 0 Å². The molecule has 0 N–H and O–H groups in total. The molecule has 130 valence electrons. The summed E-state index contributed by atoms with van der Waals surface area (Å²) in [7, 11) is 0. The van der Waals surface area contributed by atoms with Crippen molar-refractivity contribution in [2.45, 2.75) is 13.3 Å². The van der Waals surface area contributed by atoms with Crippen molar-refractivity contribution in [1.82, 2.24) is 0 Å². The molecule has 0 saturated carbocycles. The molecule has 0 radical (unpaired) electrons. The van der Waals surface area contributed by atoms with Crippen LogP contribution in [-0.2, 0) is 9.53 Å². The fourth-order valence-electron chi connectivity index (χ4n) is 2.73. The van der Waals surface area contributed by atoms with Crippen LogP contribution in [0.4, 0.5) is 5.69 Å². The number of nitrogens with zero attached hydrogens (tertiary/aromatic N) is 3. The Balaban J connectivity index is 1.75. The normalized spacial score (nSPS) is 13.9. The molecule has 0 amide bonds. The van der Waals surface area contributed by atoms with Gasteiger partial charge in [0.25, 0.3) is 0 Å². The van der Waals surface area contributed by atoms with Crippen LogP contribution in [0, 0.1) is 11.3 Å². The van der Waals surface area contributed by atoms with Gasteiger partial charge in [-0.05, 0) is 36.3 Å². The van der Waals surface area contributed by atoms with Crippen molar-refractivity contribution in [2.75, 3.05) is 18.2 Å². The SMILES string of the molecule is CCOC(=O)/C(C#N)=C/c1ccc(N2CCC(c3ccccc3)=N2)cc1. The van der Waals surface area contributed by atoms with Crippen molar-refractivity contribution >= 4 is 23.4 Å². The molecule has 5 nitrogen and oxygen atoms in total. The minimum Gasteiger partial charge on any atom is -0.462 e. The first-order valence-electron chi connectivity index (χ1n) is 8.50. The molecule has 26 heavy (non-hydrogen) atoms. The fourth-order valence-corrected chi connectivity index (χ4v) is 2.73. The minimum atomic E-state index is -0.601. The number of nitriles is 1. The van der Waals surface area contributed by atoms with Gasteiger partial charge < -0.3 is 4.74 Å². The van der Waals surface area contributed by atoms with E-state index in [1.54, 1.807) is 6.92 Å². The average Bonchev–Trinajstić information content (AvgIpc) is 3.17. The molecule has 5 heteroatoms. The highest BCUT2D eigenvalue weighted by Crippen LogP contribution is 2.23. The van der Waals surface area contributed by atoms with E-state index < -0.39 is 5.97 Å². The molecule has 0 unspecified atom stereocenters. The smallest absolute Gasteiger partial charge is 0.348 e. The number of esters is 1. The summed E-state index contributed by atoms with van der Waals surface area (Å²) in [4.78, 5) is 11.7. The third-order valence-corrected chi connectivity index (χ3v) is 4.03. The highest BCUT2D eigenvalue weighted by atomic mass is 16.5. The summed E-state index contributed by atoms with van der Waals surface area (Å²) in [5, 5.41) is 15.8. The summed E-state index contributed by atoms with van der Waals surface area (Å²) in [5.41, 5.74) is 3.95. The summed E-state index contributed by atoms with van der Waals surface area (Å²) in [6.07, 6.45) is 2.43. The van der Waals surface area contributed by atoms with E-state index in [1.807, 2.05) is 53.5 Å². The highest BCUT2D eigenvalue weighted by Gasteiger charge is 2.17. The van der Waals surface area contributed by atoms with E-state index in [2.05, 4.69) is 12.1 Å². The first-order valence-corrected chi connectivity index (χ1v) is 8.50. The van der Waals surface area contributed by atoms with E-state index in [0.29, 0.717) is 0 Å².